The van der Waals surface area contributed by atoms with E-state index < -0.39 is 0 Å². The highest BCUT2D eigenvalue weighted by Gasteiger charge is 2.19. The van der Waals surface area contributed by atoms with Crippen molar-refractivity contribution in [2.75, 3.05) is 0 Å². The standard InChI is InChI=1S/C38H24O/c1-2-11-26(12-3-1)29-20-22-33(32-15-7-6-14-31(29)32)34-23-21-30(28-19-18-25-10-4-5-13-27(25)24-28)37-35-16-8-9-17-36(35)39-38(34)37/h1-24H. The van der Waals surface area contributed by atoms with E-state index in [1.165, 1.54) is 49.4 Å². The largest absolute Gasteiger partial charge is 0.455 e. The highest BCUT2D eigenvalue weighted by Crippen LogP contribution is 2.44. The Kier molecular flexibility index (Phi) is 4.89. The van der Waals surface area contributed by atoms with Crippen molar-refractivity contribution in [2.45, 2.75) is 0 Å². The highest BCUT2D eigenvalue weighted by molar-refractivity contribution is 6.18. The Hall–Kier alpha value is -5.14. The van der Waals surface area contributed by atoms with Crippen LogP contribution in [0.15, 0.2) is 150 Å². The maximum Gasteiger partial charge on any atom is 0.143 e. The summed E-state index contributed by atoms with van der Waals surface area (Å²) in [5, 5.41) is 7.25. The van der Waals surface area contributed by atoms with E-state index in [1.54, 1.807) is 0 Å². The summed E-state index contributed by atoms with van der Waals surface area (Å²) in [5.74, 6) is 0. The van der Waals surface area contributed by atoms with Gasteiger partial charge in [0.05, 0.1) is 0 Å². The summed E-state index contributed by atoms with van der Waals surface area (Å²) < 4.78 is 6.65. The van der Waals surface area contributed by atoms with Gasteiger partial charge in [0.15, 0.2) is 0 Å². The second kappa shape index (κ2) is 8.72. The van der Waals surface area contributed by atoms with Crippen LogP contribution in [0, 0.1) is 0 Å². The maximum absolute atomic E-state index is 6.65. The Morgan fingerprint density at radius 1 is 0.359 bits per heavy atom. The zero-order chi connectivity index (χ0) is 25.8. The molecule has 1 heterocycles. The first kappa shape index (κ1) is 21.9. The lowest BCUT2D eigenvalue weighted by Crippen LogP contribution is -1.88. The fourth-order valence-electron chi connectivity index (χ4n) is 6.04. The number of hydrogen-bond donors (Lipinski definition) is 0. The number of hydrogen-bond acceptors (Lipinski definition) is 1. The monoisotopic (exact) mass is 496 g/mol. The molecule has 0 aliphatic rings. The highest BCUT2D eigenvalue weighted by atomic mass is 16.3. The molecule has 8 rings (SSSR count). The molecule has 7 aromatic carbocycles. The Labute approximate surface area is 226 Å². The molecule has 1 heteroatoms. The molecule has 0 atom stereocenters. The van der Waals surface area contributed by atoms with Gasteiger partial charge < -0.3 is 4.42 Å². The number of benzene rings is 7. The first-order valence-corrected chi connectivity index (χ1v) is 13.4. The molecular formula is C38H24O. The summed E-state index contributed by atoms with van der Waals surface area (Å²) >= 11 is 0. The molecular weight excluding hydrogens is 472 g/mol. The predicted molar refractivity (Wildman–Crippen MR) is 165 cm³/mol. The van der Waals surface area contributed by atoms with E-state index in [1.807, 2.05) is 6.07 Å². The Balaban J connectivity index is 1.42. The molecule has 182 valence electrons. The molecule has 8 aromatic rings. The van der Waals surface area contributed by atoms with Gasteiger partial charge >= 0.3 is 0 Å². The minimum absolute atomic E-state index is 0.909. The third-order valence-corrected chi connectivity index (χ3v) is 7.89. The van der Waals surface area contributed by atoms with Crippen LogP contribution in [0.4, 0.5) is 0 Å². The van der Waals surface area contributed by atoms with Gasteiger partial charge in [0.25, 0.3) is 0 Å². The average Bonchev–Trinajstić information content (AvgIpc) is 3.40. The van der Waals surface area contributed by atoms with E-state index in [2.05, 4.69) is 140 Å². The van der Waals surface area contributed by atoms with Gasteiger partial charge in [0.1, 0.15) is 11.2 Å². The smallest absolute Gasteiger partial charge is 0.143 e. The third kappa shape index (κ3) is 3.48. The Bertz CT molecular complexity index is 2170. The van der Waals surface area contributed by atoms with Crippen LogP contribution in [0.5, 0.6) is 0 Å². The van der Waals surface area contributed by atoms with E-state index in [9.17, 15) is 0 Å². The second-order valence-electron chi connectivity index (χ2n) is 10.1. The van der Waals surface area contributed by atoms with E-state index in [0.29, 0.717) is 0 Å². The number of furan rings is 1. The van der Waals surface area contributed by atoms with Crippen molar-refractivity contribution in [1.82, 2.24) is 0 Å². The maximum atomic E-state index is 6.65. The molecule has 1 nitrogen and oxygen atoms in total. The van der Waals surface area contributed by atoms with Crippen LogP contribution in [-0.2, 0) is 0 Å². The summed E-state index contributed by atoms with van der Waals surface area (Å²) in [6.45, 7) is 0. The van der Waals surface area contributed by atoms with E-state index in [-0.39, 0.29) is 0 Å². The van der Waals surface area contributed by atoms with Crippen molar-refractivity contribution < 1.29 is 4.42 Å². The Morgan fingerprint density at radius 3 is 1.82 bits per heavy atom. The van der Waals surface area contributed by atoms with Crippen LogP contribution in [0.3, 0.4) is 0 Å². The minimum Gasteiger partial charge on any atom is -0.455 e. The summed E-state index contributed by atoms with van der Waals surface area (Å²) in [4.78, 5) is 0. The van der Waals surface area contributed by atoms with Crippen molar-refractivity contribution in [2.24, 2.45) is 0 Å². The molecule has 1 aromatic heterocycles. The predicted octanol–water partition coefficient (Wildman–Crippen LogP) is 10.9. The molecule has 0 unspecified atom stereocenters. The molecule has 0 saturated carbocycles. The minimum atomic E-state index is 0.909. The van der Waals surface area contributed by atoms with Gasteiger partial charge in [-0.05, 0) is 67.6 Å². The van der Waals surface area contributed by atoms with Gasteiger partial charge in [-0.15, -0.1) is 0 Å². The SMILES string of the molecule is c1ccc(-c2ccc(-c3ccc(-c4ccc5ccccc5c4)c4c3oc3ccccc34)c3ccccc23)cc1. The van der Waals surface area contributed by atoms with Crippen molar-refractivity contribution in [3.8, 4) is 33.4 Å². The van der Waals surface area contributed by atoms with Gasteiger partial charge in [-0.25, -0.2) is 0 Å². The third-order valence-electron chi connectivity index (χ3n) is 7.89. The van der Waals surface area contributed by atoms with Gasteiger partial charge in [-0.1, -0.05) is 127 Å². The van der Waals surface area contributed by atoms with Gasteiger partial charge in [-0.2, -0.15) is 0 Å². The normalized spacial score (nSPS) is 11.6. The van der Waals surface area contributed by atoms with Crippen LogP contribution in [0.2, 0.25) is 0 Å². The van der Waals surface area contributed by atoms with Crippen molar-refractivity contribution >= 4 is 43.5 Å². The average molecular weight is 497 g/mol. The first-order valence-electron chi connectivity index (χ1n) is 13.4. The summed E-state index contributed by atoms with van der Waals surface area (Å²) in [6, 6.07) is 52.0. The Morgan fingerprint density at radius 2 is 0.974 bits per heavy atom. The molecule has 39 heavy (non-hydrogen) atoms. The summed E-state index contributed by atoms with van der Waals surface area (Å²) in [6.07, 6.45) is 0. The zero-order valence-corrected chi connectivity index (χ0v) is 21.3. The quantitative estimate of drug-likeness (QED) is 0.237. The summed E-state index contributed by atoms with van der Waals surface area (Å²) in [5.41, 5.74) is 8.98. The number of para-hydroxylation sites is 1. The number of rotatable bonds is 3. The zero-order valence-electron chi connectivity index (χ0n) is 21.3. The molecule has 0 radical (unpaired) electrons. The lowest BCUT2D eigenvalue weighted by molar-refractivity contribution is 0.670. The van der Waals surface area contributed by atoms with Crippen molar-refractivity contribution in [3.63, 3.8) is 0 Å². The van der Waals surface area contributed by atoms with Gasteiger partial charge in [0, 0.05) is 16.3 Å². The molecule has 0 N–H and O–H groups in total. The van der Waals surface area contributed by atoms with Crippen LogP contribution >= 0.6 is 0 Å². The fourth-order valence-corrected chi connectivity index (χ4v) is 6.04. The van der Waals surface area contributed by atoms with Crippen LogP contribution in [0.1, 0.15) is 0 Å². The molecule has 0 bridgehead atoms. The van der Waals surface area contributed by atoms with Crippen molar-refractivity contribution in [3.05, 3.63) is 146 Å². The van der Waals surface area contributed by atoms with E-state index in [4.69, 9.17) is 4.42 Å². The topological polar surface area (TPSA) is 13.1 Å². The lowest BCUT2D eigenvalue weighted by Gasteiger charge is -2.14. The molecule has 0 fully saturated rings. The van der Waals surface area contributed by atoms with Crippen LogP contribution in [0.25, 0.3) is 76.9 Å². The second-order valence-corrected chi connectivity index (χ2v) is 10.1. The molecule has 0 aliphatic heterocycles. The lowest BCUT2D eigenvalue weighted by atomic mass is 9.89. The summed E-state index contributed by atoms with van der Waals surface area (Å²) in [7, 11) is 0. The van der Waals surface area contributed by atoms with Gasteiger partial charge in [0.2, 0.25) is 0 Å². The molecule has 0 saturated heterocycles. The first-order chi connectivity index (χ1) is 19.3. The molecule has 0 spiro atoms. The molecule has 0 aliphatic carbocycles. The molecule has 0 amide bonds. The van der Waals surface area contributed by atoms with Gasteiger partial charge in [-0.3, -0.25) is 0 Å². The number of fused-ring (bicyclic) bond motifs is 5. The fraction of sp³-hybridized carbons (Fsp3) is 0. The van der Waals surface area contributed by atoms with E-state index in [0.717, 1.165) is 27.5 Å². The van der Waals surface area contributed by atoms with E-state index >= 15 is 0 Å². The van der Waals surface area contributed by atoms with Crippen LogP contribution < -0.4 is 0 Å². The van der Waals surface area contributed by atoms with Crippen molar-refractivity contribution in [1.29, 1.82) is 0 Å². The van der Waals surface area contributed by atoms with Crippen LogP contribution in [-0.4, -0.2) is 0 Å².